The van der Waals surface area contributed by atoms with Gasteiger partial charge in [0.1, 0.15) is 0 Å². The molecule has 3 nitrogen and oxygen atoms in total. The minimum atomic E-state index is -0.810. The molecule has 1 fully saturated rings. The summed E-state index contributed by atoms with van der Waals surface area (Å²) >= 11 is 1.68. The molecular weight excluding hydrogens is 150 g/mol. The molecule has 0 aromatic heterocycles. The van der Waals surface area contributed by atoms with E-state index in [2.05, 4.69) is 0 Å². The van der Waals surface area contributed by atoms with E-state index in [1.54, 1.807) is 11.8 Å². The number of carbonyl (C=O) groups is 1. The molecule has 4 heteroatoms. The van der Waals surface area contributed by atoms with Gasteiger partial charge in [-0.15, -0.1) is 11.8 Å². The third-order valence-corrected chi connectivity index (χ3v) is 2.96. The zero-order valence-electron chi connectivity index (χ0n) is 6.13. The minimum Gasteiger partial charge on any atom is -0.465 e. The molecule has 1 heterocycles. The number of nitrogens with zero attached hydrogens (tertiary/aromatic N) is 1. The second-order valence-electron chi connectivity index (χ2n) is 2.73. The van der Waals surface area contributed by atoms with Crippen molar-refractivity contribution in [3.05, 3.63) is 0 Å². The molecule has 0 aromatic carbocycles. The molecule has 0 spiro atoms. The predicted octanol–water partition coefficient (Wildman–Crippen LogP) is 1.45. The maximum absolute atomic E-state index is 10.5. The summed E-state index contributed by atoms with van der Waals surface area (Å²) in [4.78, 5) is 11.8. The topological polar surface area (TPSA) is 40.5 Å². The van der Waals surface area contributed by atoms with E-state index in [1.807, 2.05) is 13.8 Å². The largest absolute Gasteiger partial charge is 0.465 e. The summed E-state index contributed by atoms with van der Waals surface area (Å²) < 4.78 is 0. The van der Waals surface area contributed by atoms with Crippen LogP contribution in [-0.4, -0.2) is 33.3 Å². The molecule has 0 atom stereocenters. The van der Waals surface area contributed by atoms with Crippen LogP contribution in [0.25, 0.3) is 0 Å². The third-order valence-electron chi connectivity index (χ3n) is 1.65. The number of thioether (sulfide) groups is 1. The SMILES string of the molecule is CC1(C)SCCN1C(=O)O. The Morgan fingerprint density at radius 1 is 1.70 bits per heavy atom. The van der Waals surface area contributed by atoms with E-state index in [1.165, 1.54) is 4.90 Å². The summed E-state index contributed by atoms with van der Waals surface area (Å²) in [5.41, 5.74) is 0. The lowest BCUT2D eigenvalue weighted by Gasteiger charge is -2.27. The monoisotopic (exact) mass is 161 g/mol. The molecule has 1 aliphatic rings. The molecule has 0 radical (unpaired) electrons. The van der Waals surface area contributed by atoms with Gasteiger partial charge in [0.25, 0.3) is 0 Å². The number of carboxylic acid groups (broad SMARTS) is 1. The quantitative estimate of drug-likeness (QED) is 0.584. The highest BCUT2D eigenvalue weighted by molar-refractivity contribution is 8.00. The molecule has 0 bridgehead atoms. The molecule has 1 rings (SSSR count). The van der Waals surface area contributed by atoms with Crippen LogP contribution in [0.2, 0.25) is 0 Å². The first-order chi connectivity index (χ1) is 4.54. The smallest absolute Gasteiger partial charge is 0.408 e. The average Bonchev–Trinajstić information content (AvgIpc) is 2.08. The summed E-state index contributed by atoms with van der Waals surface area (Å²) in [5, 5.41) is 8.66. The molecule has 1 N–H and O–H groups in total. The van der Waals surface area contributed by atoms with Crippen molar-refractivity contribution in [3.8, 4) is 0 Å². The Morgan fingerprint density at radius 2 is 2.30 bits per heavy atom. The molecule has 0 unspecified atom stereocenters. The highest BCUT2D eigenvalue weighted by Crippen LogP contribution is 2.34. The molecule has 1 saturated heterocycles. The van der Waals surface area contributed by atoms with Crippen LogP contribution in [0, 0.1) is 0 Å². The normalized spacial score (nSPS) is 23.2. The maximum atomic E-state index is 10.5. The first-order valence-electron chi connectivity index (χ1n) is 3.18. The van der Waals surface area contributed by atoms with E-state index < -0.39 is 6.09 Å². The second-order valence-corrected chi connectivity index (χ2v) is 4.43. The molecule has 1 aliphatic heterocycles. The van der Waals surface area contributed by atoms with Gasteiger partial charge in [-0.1, -0.05) is 0 Å². The van der Waals surface area contributed by atoms with E-state index in [4.69, 9.17) is 5.11 Å². The van der Waals surface area contributed by atoms with Crippen molar-refractivity contribution in [2.75, 3.05) is 12.3 Å². The Balaban J connectivity index is 2.68. The van der Waals surface area contributed by atoms with Crippen molar-refractivity contribution < 1.29 is 9.90 Å². The van der Waals surface area contributed by atoms with Crippen LogP contribution in [0.1, 0.15) is 13.8 Å². The van der Waals surface area contributed by atoms with Gasteiger partial charge in [0.2, 0.25) is 0 Å². The highest BCUT2D eigenvalue weighted by Gasteiger charge is 2.35. The van der Waals surface area contributed by atoms with E-state index in [-0.39, 0.29) is 4.87 Å². The van der Waals surface area contributed by atoms with Crippen molar-refractivity contribution >= 4 is 17.9 Å². The van der Waals surface area contributed by atoms with Gasteiger partial charge < -0.3 is 5.11 Å². The van der Waals surface area contributed by atoms with E-state index in [0.717, 1.165) is 5.75 Å². The lowest BCUT2D eigenvalue weighted by atomic mass is 10.3. The molecule has 1 amide bonds. The Morgan fingerprint density at radius 3 is 2.50 bits per heavy atom. The Bertz CT molecular complexity index is 158. The van der Waals surface area contributed by atoms with Gasteiger partial charge >= 0.3 is 6.09 Å². The van der Waals surface area contributed by atoms with Gasteiger partial charge in [-0.2, -0.15) is 0 Å². The summed E-state index contributed by atoms with van der Waals surface area (Å²) in [6.45, 7) is 4.52. The standard InChI is InChI=1S/C6H11NO2S/c1-6(2)7(5(8)9)3-4-10-6/h3-4H2,1-2H3,(H,8,9). The summed E-state index contributed by atoms with van der Waals surface area (Å²) in [6.07, 6.45) is -0.810. The minimum absolute atomic E-state index is 0.216. The van der Waals surface area contributed by atoms with Gasteiger partial charge in [-0.3, -0.25) is 4.90 Å². The van der Waals surface area contributed by atoms with Gasteiger partial charge in [-0.05, 0) is 13.8 Å². The molecule has 10 heavy (non-hydrogen) atoms. The molecule has 0 saturated carbocycles. The average molecular weight is 161 g/mol. The van der Waals surface area contributed by atoms with E-state index >= 15 is 0 Å². The fraction of sp³-hybridized carbons (Fsp3) is 0.833. The van der Waals surface area contributed by atoms with Crippen LogP contribution in [0.4, 0.5) is 4.79 Å². The van der Waals surface area contributed by atoms with Crippen molar-refractivity contribution in [2.45, 2.75) is 18.7 Å². The summed E-state index contributed by atoms with van der Waals surface area (Å²) in [7, 11) is 0. The van der Waals surface area contributed by atoms with E-state index in [9.17, 15) is 4.79 Å². The molecule has 0 aliphatic carbocycles. The van der Waals surface area contributed by atoms with Crippen LogP contribution < -0.4 is 0 Å². The molecule has 0 aromatic rings. The molecule has 58 valence electrons. The summed E-state index contributed by atoms with van der Waals surface area (Å²) in [5.74, 6) is 0.916. The zero-order valence-corrected chi connectivity index (χ0v) is 6.94. The first-order valence-corrected chi connectivity index (χ1v) is 4.17. The van der Waals surface area contributed by atoms with Crippen LogP contribution in [0.5, 0.6) is 0 Å². The molecular formula is C6H11NO2S. The van der Waals surface area contributed by atoms with Crippen LogP contribution in [0.3, 0.4) is 0 Å². The van der Waals surface area contributed by atoms with Gasteiger partial charge in [-0.25, -0.2) is 4.79 Å². The van der Waals surface area contributed by atoms with Crippen LogP contribution in [0.15, 0.2) is 0 Å². The fourth-order valence-electron chi connectivity index (χ4n) is 1.06. The van der Waals surface area contributed by atoms with Crippen molar-refractivity contribution in [1.82, 2.24) is 4.90 Å². The zero-order chi connectivity index (χ0) is 7.78. The number of rotatable bonds is 0. The third kappa shape index (κ3) is 1.21. The van der Waals surface area contributed by atoms with Crippen LogP contribution in [-0.2, 0) is 0 Å². The highest BCUT2D eigenvalue weighted by atomic mass is 32.2. The number of hydrogen-bond donors (Lipinski definition) is 1. The van der Waals surface area contributed by atoms with Crippen LogP contribution >= 0.6 is 11.8 Å². The maximum Gasteiger partial charge on any atom is 0.408 e. The summed E-state index contributed by atoms with van der Waals surface area (Å²) in [6, 6.07) is 0. The predicted molar refractivity (Wildman–Crippen MR) is 41.3 cm³/mol. The van der Waals surface area contributed by atoms with E-state index in [0.29, 0.717) is 6.54 Å². The fourth-order valence-corrected chi connectivity index (χ4v) is 2.16. The number of hydrogen-bond acceptors (Lipinski definition) is 2. The van der Waals surface area contributed by atoms with Gasteiger partial charge in [0.15, 0.2) is 0 Å². The van der Waals surface area contributed by atoms with Crippen molar-refractivity contribution in [1.29, 1.82) is 0 Å². The second kappa shape index (κ2) is 2.34. The number of amides is 1. The Kier molecular flexibility index (Phi) is 1.81. The Labute approximate surface area is 64.4 Å². The van der Waals surface area contributed by atoms with Crippen molar-refractivity contribution in [2.24, 2.45) is 0 Å². The lowest BCUT2D eigenvalue weighted by Crippen LogP contribution is -2.40. The van der Waals surface area contributed by atoms with Gasteiger partial charge in [0.05, 0.1) is 4.87 Å². The Hall–Kier alpha value is -0.380. The van der Waals surface area contributed by atoms with Gasteiger partial charge in [0, 0.05) is 12.3 Å². The first kappa shape index (κ1) is 7.72. The lowest BCUT2D eigenvalue weighted by molar-refractivity contribution is 0.132. The van der Waals surface area contributed by atoms with Crippen molar-refractivity contribution in [3.63, 3.8) is 0 Å².